The van der Waals surface area contributed by atoms with E-state index in [1.807, 2.05) is 30.3 Å². The largest absolute Gasteiger partial charge is 0.462 e. The minimum atomic E-state index is -0.461. The maximum absolute atomic E-state index is 11.9. The third kappa shape index (κ3) is 5.47. The molecule has 1 N–H and O–H groups in total. The number of carbonyl (C=O) groups is 2. The van der Waals surface area contributed by atoms with Crippen molar-refractivity contribution >= 4 is 11.9 Å². The van der Waals surface area contributed by atoms with Gasteiger partial charge in [-0.05, 0) is 50.2 Å². The summed E-state index contributed by atoms with van der Waals surface area (Å²) in [6.45, 7) is 3.36. The van der Waals surface area contributed by atoms with Crippen molar-refractivity contribution in [2.45, 2.75) is 20.0 Å². The summed E-state index contributed by atoms with van der Waals surface area (Å²) < 4.78 is 10.6. The second kappa shape index (κ2) is 7.98. The Balaban J connectivity index is 1.89. The number of nitrogens with one attached hydrogen (secondary N) is 1. The van der Waals surface area contributed by atoms with Gasteiger partial charge in [0.05, 0.1) is 6.10 Å². The lowest BCUT2D eigenvalue weighted by atomic mass is 10.2. The molecule has 0 fully saturated rings. The Morgan fingerprint density at radius 2 is 1.57 bits per heavy atom. The van der Waals surface area contributed by atoms with E-state index in [0.717, 1.165) is 5.75 Å². The van der Waals surface area contributed by atoms with Crippen LogP contribution < -0.4 is 10.1 Å². The minimum absolute atomic E-state index is 0.153. The first kappa shape index (κ1) is 16.5. The molecule has 0 spiro atoms. The van der Waals surface area contributed by atoms with E-state index >= 15 is 0 Å². The van der Waals surface area contributed by atoms with Crippen molar-refractivity contribution in [1.29, 1.82) is 0 Å². The quantitative estimate of drug-likeness (QED) is 0.832. The number of hydrogen-bond donors (Lipinski definition) is 1. The molecule has 5 nitrogen and oxygen atoms in total. The summed E-state index contributed by atoms with van der Waals surface area (Å²) in [6, 6.07) is 16.1. The van der Waals surface area contributed by atoms with Gasteiger partial charge in [-0.25, -0.2) is 0 Å². The molecular weight excluding hydrogens is 294 g/mol. The topological polar surface area (TPSA) is 64.6 Å². The molecule has 5 heteroatoms. The van der Waals surface area contributed by atoms with Gasteiger partial charge in [0.1, 0.15) is 18.0 Å². The second-order valence-corrected chi connectivity index (χ2v) is 5.16. The van der Waals surface area contributed by atoms with Gasteiger partial charge in [-0.1, -0.05) is 18.2 Å². The van der Waals surface area contributed by atoms with Crippen LogP contribution in [0.2, 0.25) is 0 Å². The van der Waals surface area contributed by atoms with Crippen LogP contribution in [0.25, 0.3) is 0 Å². The molecule has 2 rings (SSSR count). The molecule has 0 atom stereocenters. The van der Waals surface area contributed by atoms with Crippen molar-refractivity contribution in [3.63, 3.8) is 0 Å². The summed E-state index contributed by atoms with van der Waals surface area (Å²) in [5.74, 6) is 0.558. The van der Waals surface area contributed by atoms with Crippen LogP contribution in [0.15, 0.2) is 54.6 Å². The zero-order chi connectivity index (χ0) is 16.7. The molecule has 23 heavy (non-hydrogen) atoms. The van der Waals surface area contributed by atoms with E-state index in [0.29, 0.717) is 11.3 Å². The van der Waals surface area contributed by atoms with Gasteiger partial charge in [-0.3, -0.25) is 9.59 Å². The van der Waals surface area contributed by atoms with E-state index in [1.165, 1.54) is 0 Å². The highest BCUT2D eigenvalue weighted by molar-refractivity contribution is 5.96. The van der Waals surface area contributed by atoms with Crippen LogP contribution in [0.3, 0.4) is 0 Å². The predicted octanol–water partition coefficient (Wildman–Crippen LogP) is 3.16. The van der Waals surface area contributed by atoms with Crippen LogP contribution in [0.5, 0.6) is 11.5 Å². The number of ether oxygens (including phenoxy) is 2. The summed E-state index contributed by atoms with van der Waals surface area (Å²) in [5, 5.41) is 2.52. The molecule has 1 amide bonds. The van der Waals surface area contributed by atoms with Crippen molar-refractivity contribution in [3.05, 3.63) is 60.2 Å². The molecule has 0 saturated heterocycles. The number of benzene rings is 2. The lowest BCUT2D eigenvalue weighted by Gasteiger charge is -2.09. The molecule has 0 aromatic heterocycles. The maximum Gasteiger partial charge on any atom is 0.325 e. The second-order valence-electron chi connectivity index (χ2n) is 5.16. The zero-order valence-corrected chi connectivity index (χ0v) is 13.1. The number of hydrogen-bond acceptors (Lipinski definition) is 4. The first-order chi connectivity index (χ1) is 11.0. The number of esters is 1. The standard InChI is InChI=1S/C18H19NO4/c1-13(2)22-17(20)12-19-18(21)14-8-10-16(11-9-14)23-15-6-4-3-5-7-15/h3-11,13H,12H2,1-2H3,(H,19,21). The van der Waals surface area contributed by atoms with Crippen molar-refractivity contribution in [3.8, 4) is 11.5 Å². The Morgan fingerprint density at radius 1 is 0.957 bits per heavy atom. The monoisotopic (exact) mass is 313 g/mol. The fourth-order valence-electron chi connectivity index (χ4n) is 1.86. The molecule has 0 bridgehead atoms. The molecule has 0 unspecified atom stereocenters. The van der Waals surface area contributed by atoms with Gasteiger partial charge in [0.15, 0.2) is 0 Å². The van der Waals surface area contributed by atoms with Gasteiger partial charge in [0.25, 0.3) is 5.91 Å². The Labute approximate surface area is 135 Å². The smallest absolute Gasteiger partial charge is 0.325 e. The van der Waals surface area contributed by atoms with Gasteiger partial charge in [0, 0.05) is 5.56 Å². The van der Waals surface area contributed by atoms with Gasteiger partial charge < -0.3 is 14.8 Å². The molecule has 0 radical (unpaired) electrons. The van der Waals surface area contributed by atoms with E-state index in [1.54, 1.807) is 38.1 Å². The van der Waals surface area contributed by atoms with E-state index in [-0.39, 0.29) is 18.6 Å². The molecule has 120 valence electrons. The first-order valence-corrected chi connectivity index (χ1v) is 7.35. The summed E-state index contributed by atoms with van der Waals surface area (Å²) in [4.78, 5) is 23.3. The molecule has 0 aliphatic rings. The van der Waals surface area contributed by atoms with E-state index in [4.69, 9.17) is 9.47 Å². The van der Waals surface area contributed by atoms with Gasteiger partial charge in [-0.2, -0.15) is 0 Å². The Hall–Kier alpha value is -2.82. The van der Waals surface area contributed by atoms with Crippen LogP contribution in [-0.4, -0.2) is 24.5 Å². The average Bonchev–Trinajstić information content (AvgIpc) is 2.54. The van der Waals surface area contributed by atoms with Crippen molar-refractivity contribution in [2.24, 2.45) is 0 Å². The summed E-state index contributed by atoms with van der Waals surface area (Å²) in [7, 11) is 0. The Bertz CT molecular complexity index is 650. The van der Waals surface area contributed by atoms with Crippen molar-refractivity contribution in [1.82, 2.24) is 5.32 Å². The molecule has 0 aliphatic carbocycles. The highest BCUT2D eigenvalue weighted by atomic mass is 16.5. The van der Waals surface area contributed by atoms with E-state index in [2.05, 4.69) is 5.32 Å². The van der Waals surface area contributed by atoms with Crippen molar-refractivity contribution in [2.75, 3.05) is 6.54 Å². The fraction of sp³-hybridized carbons (Fsp3) is 0.222. The number of rotatable bonds is 6. The van der Waals surface area contributed by atoms with Crippen LogP contribution in [0.4, 0.5) is 0 Å². The first-order valence-electron chi connectivity index (χ1n) is 7.35. The Kier molecular flexibility index (Phi) is 5.74. The summed E-state index contributed by atoms with van der Waals surface area (Å²) in [5.41, 5.74) is 0.447. The van der Waals surface area contributed by atoms with Crippen LogP contribution in [0.1, 0.15) is 24.2 Å². The lowest BCUT2D eigenvalue weighted by molar-refractivity contribution is -0.146. The van der Waals surface area contributed by atoms with E-state index in [9.17, 15) is 9.59 Å². The molecule has 0 heterocycles. The predicted molar refractivity (Wildman–Crippen MR) is 86.5 cm³/mol. The van der Waals surface area contributed by atoms with E-state index < -0.39 is 5.97 Å². The third-order valence-electron chi connectivity index (χ3n) is 2.86. The third-order valence-corrected chi connectivity index (χ3v) is 2.86. The summed E-state index contributed by atoms with van der Waals surface area (Å²) >= 11 is 0. The molecule has 2 aromatic rings. The number of carbonyl (C=O) groups excluding carboxylic acids is 2. The maximum atomic E-state index is 11.9. The van der Waals surface area contributed by atoms with Gasteiger partial charge >= 0.3 is 5.97 Å². The van der Waals surface area contributed by atoms with Crippen LogP contribution in [0, 0.1) is 0 Å². The van der Waals surface area contributed by atoms with Crippen molar-refractivity contribution < 1.29 is 19.1 Å². The summed E-state index contributed by atoms with van der Waals surface area (Å²) in [6.07, 6.45) is -0.200. The molecular formula is C18H19NO4. The minimum Gasteiger partial charge on any atom is -0.462 e. The highest BCUT2D eigenvalue weighted by Crippen LogP contribution is 2.21. The van der Waals surface area contributed by atoms with Crippen LogP contribution in [-0.2, 0) is 9.53 Å². The molecule has 2 aromatic carbocycles. The SMILES string of the molecule is CC(C)OC(=O)CNC(=O)c1ccc(Oc2ccccc2)cc1. The van der Waals surface area contributed by atoms with Gasteiger partial charge in [-0.15, -0.1) is 0 Å². The van der Waals surface area contributed by atoms with Crippen LogP contribution >= 0.6 is 0 Å². The lowest BCUT2D eigenvalue weighted by Crippen LogP contribution is -2.31. The Morgan fingerprint density at radius 3 is 2.17 bits per heavy atom. The fourth-order valence-corrected chi connectivity index (χ4v) is 1.86. The number of amides is 1. The highest BCUT2D eigenvalue weighted by Gasteiger charge is 2.10. The number of para-hydroxylation sites is 1. The molecule has 0 saturated carbocycles. The van der Waals surface area contributed by atoms with Gasteiger partial charge in [0.2, 0.25) is 0 Å². The molecule has 0 aliphatic heterocycles. The average molecular weight is 313 g/mol. The zero-order valence-electron chi connectivity index (χ0n) is 13.1. The normalized spacial score (nSPS) is 10.2.